The third-order valence-corrected chi connectivity index (χ3v) is 4.98. The molecule has 1 saturated heterocycles. The van der Waals surface area contributed by atoms with Crippen molar-refractivity contribution in [2.24, 2.45) is 0 Å². The fraction of sp³-hybridized carbons (Fsp3) is 0.381. The Morgan fingerprint density at radius 1 is 1.04 bits per heavy atom. The van der Waals surface area contributed by atoms with Crippen LogP contribution in [0, 0.1) is 0 Å². The van der Waals surface area contributed by atoms with Gasteiger partial charge in [0.1, 0.15) is 5.75 Å². The van der Waals surface area contributed by atoms with E-state index < -0.39 is 0 Å². The summed E-state index contributed by atoms with van der Waals surface area (Å²) in [5.74, 6) is 0.981. The topological polar surface area (TPSA) is 44.8 Å². The highest BCUT2D eigenvalue weighted by Crippen LogP contribution is 2.28. The van der Waals surface area contributed by atoms with Gasteiger partial charge in [-0.25, -0.2) is 0 Å². The second-order valence-corrected chi connectivity index (χ2v) is 6.57. The zero-order chi connectivity index (χ0) is 18.4. The molecule has 0 spiro atoms. The molecule has 5 heteroatoms. The molecule has 0 saturated carbocycles. The number of carbonyl (C=O) groups excluding carboxylic acids is 1. The number of carbonyl (C=O) groups is 1. The summed E-state index contributed by atoms with van der Waals surface area (Å²) in [6.45, 7) is 6.05. The van der Waals surface area contributed by atoms with Gasteiger partial charge in [-0.2, -0.15) is 0 Å². The Morgan fingerprint density at radius 2 is 1.69 bits per heavy atom. The van der Waals surface area contributed by atoms with Gasteiger partial charge in [-0.1, -0.05) is 42.5 Å². The summed E-state index contributed by atoms with van der Waals surface area (Å²) in [6.07, 6.45) is 0. The molecular formula is C21H27N3O2. The molecule has 2 aromatic carbocycles. The van der Waals surface area contributed by atoms with Gasteiger partial charge in [0.05, 0.1) is 18.8 Å². The standard InChI is InChI=1S/C21H27N3O2/c1-17(21(25)22-16-18-8-4-3-5-9-18)23-12-14-24(15-13-23)19-10-6-7-11-20(19)26-2/h3-11,17H,12-16H2,1-2H3,(H,22,25)/t17-/m0/s1. The van der Waals surface area contributed by atoms with E-state index in [0.29, 0.717) is 6.54 Å². The van der Waals surface area contributed by atoms with Crippen LogP contribution in [0.2, 0.25) is 0 Å². The van der Waals surface area contributed by atoms with Crippen LogP contribution in [0.4, 0.5) is 5.69 Å². The lowest BCUT2D eigenvalue weighted by molar-refractivity contribution is -0.126. The molecule has 5 nitrogen and oxygen atoms in total. The van der Waals surface area contributed by atoms with E-state index in [0.717, 1.165) is 43.2 Å². The van der Waals surface area contributed by atoms with Crippen LogP contribution in [-0.4, -0.2) is 50.1 Å². The van der Waals surface area contributed by atoms with Crippen LogP contribution >= 0.6 is 0 Å². The number of nitrogens with one attached hydrogen (secondary N) is 1. The smallest absolute Gasteiger partial charge is 0.237 e. The molecule has 1 N–H and O–H groups in total. The maximum absolute atomic E-state index is 12.5. The number of amides is 1. The van der Waals surface area contributed by atoms with Gasteiger partial charge in [0.15, 0.2) is 0 Å². The van der Waals surface area contributed by atoms with Crippen molar-refractivity contribution in [2.45, 2.75) is 19.5 Å². The number of anilines is 1. The van der Waals surface area contributed by atoms with E-state index in [-0.39, 0.29) is 11.9 Å². The molecule has 3 rings (SSSR count). The summed E-state index contributed by atoms with van der Waals surface area (Å²) in [5, 5.41) is 3.04. The summed E-state index contributed by atoms with van der Waals surface area (Å²) in [7, 11) is 1.70. The second kappa shape index (κ2) is 8.72. The Hall–Kier alpha value is -2.53. The Labute approximate surface area is 155 Å². The molecule has 2 aromatic rings. The lowest BCUT2D eigenvalue weighted by atomic mass is 10.1. The summed E-state index contributed by atoms with van der Waals surface area (Å²) in [5.41, 5.74) is 2.24. The first kappa shape index (κ1) is 18.3. The number of rotatable bonds is 6. The normalized spacial score (nSPS) is 16.2. The summed E-state index contributed by atoms with van der Waals surface area (Å²) < 4.78 is 5.47. The van der Waals surface area contributed by atoms with E-state index in [4.69, 9.17) is 4.74 Å². The maximum Gasteiger partial charge on any atom is 0.237 e. The van der Waals surface area contributed by atoms with Crippen LogP contribution in [0.25, 0.3) is 0 Å². The lowest BCUT2D eigenvalue weighted by Crippen LogP contribution is -2.53. The van der Waals surface area contributed by atoms with Gasteiger partial charge in [-0.3, -0.25) is 9.69 Å². The minimum atomic E-state index is -0.126. The first-order chi connectivity index (χ1) is 12.7. The van der Waals surface area contributed by atoms with Crippen molar-refractivity contribution < 1.29 is 9.53 Å². The fourth-order valence-corrected chi connectivity index (χ4v) is 3.34. The van der Waals surface area contributed by atoms with Gasteiger partial charge in [0.2, 0.25) is 5.91 Å². The highest BCUT2D eigenvalue weighted by atomic mass is 16.5. The number of ether oxygens (including phenoxy) is 1. The third-order valence-electron chi connectivity index (χ3n) is 4.98. The fourth-order valence-electron chi connectivity index (χ4n) is 3.34. The van der Waals surface area contributed by atoms with Gasteiger partial charge in [-0.15, -0.1) is 0 Å². The Bertz CT molecular complexity index is 712. The van der Waals surface area contributed by atoms with E-state index in [1.54, 1.807) is 7.11 Å². The Morgan fingerprint density at radius 3 is 2.38 bits per heavy atom. The van der Waals surface area contributed by atoms with Crippen molar-refractivity contribution in [3.05, 3.63) is 60.2 Å². The van der Waals surface area contributed by atoms with Crippen LogP contribution in [0.15, 0.2) is 54.6 Å². The number of para-hydroxylation sites is 2. The molecule has 26 heavy (non-hydrogen) atoms. The summed E-state index contributed by atoms with van der Waals surface area (Å²) in [4.78, 5) is 17.0. The molecule has 1 fully saturated rings. The molecule has 1 aliphatic rings. The van der Waals surface area contributed by atoms with Crippen LogP contribution in [-0.2, 0) is 11.3 Å². The molecule has 138 valence electrons. The van der Waals surface area contributed by atoms with Crippen molar-refractivity contribution in [3.63, 3.8) is 0 Å². The van der Waals surface area contributed by atoms with Crippen molar-refractivity contribution in [1.29, 1.82) is 0 Å². The first-order valence-electron chi connectivity index (χ1n) is 9.12. The summed E-state index contributed by atoms with van der Waals surface area (Å²) in [6, 6.07) is 18.0. The highest BCUT2D eigenvalue weighted by molar-refractivity contribution is 5.81. The Balaban J connectivity index is 1.51. The second-order valence-electron chi connectivity index (χ2n) is 6.57. The molecule has 0 radical (unpaired) electrons. The van der Waals surface area contributed by atoms with Crippen molar-refractivity contribution in [3.8, 4) is 5.75 Å². The van der Waals surface area contributed by atoms with Gasteiger partial charge in [0.25, 0.3) is 0 Å². The van der Waals surface area contributed by atoms with Crippen molar-refractivity contribution in [1.82, 2.24) is 10.2 Å². The molecule has 1 amide bonds. The number of hydrogen-bond donors (Lipinski definition) is 1. The number of benzene rings is 2. The lowest BCUT2D eigenvalue weighted by Gasteiger charge is -2.38. The minimum Gasteiger partial charge on any atom is -0.495 e. The maximum atomic E-state index is 12.5. The molecule has 1 atom stereocenters. The molecule has 0 unspecified atom stereocenters. The minimum absolute atomic E-state index is 0.0830. The van der Waals surface area contributed by atoms with Crippen LogP contribution in [0.3, 0.4) is 0 Å². The zero-order valence-corrected chi connectivity index (χ0v) is 15.5. The summed E-state index contributed by atoms with van der Waals surface area (Å²) >= 11 is 0. The van der Waals surface area contributed by atoms with E-state index >= 15 is 0 Å². The predicted molar refractivity (Wildman–Crippen MR) is 105 cm³/mol. The highest BCUT2D eigenvalue weighted by Gasteiger charge is 2.26. The van der Waals surface area contributed by atoms with Gasteiger partial charge in [-0.05, 0) is 24.6 Å². The molecule has 0 aliphatic carbocycles. The monoisotopic (exact) mass is 353 g/mol. The number of nitrogens with zero attached hydrogens (tertiary/aromatic N) is 2. The van der Waals surface area contributed by atoms with E-state index in [1.807, 2.05) is 55.5 Å². The quantitative estimate of drug-likeness (QED) is 0.867. The van der Waals surface area contributed by atoms with Gasteiger partial charge in [0, 0.05) is 32.7 Å². The van der Waals surface area contributed by atoms with Crippen LogP contribution < -0.4 is 15.0 Å². The first-order valence-corrected chi connectivity index (χ1v) is 9.12. The van der Waals surface area contributed by atoms with Gasteiger partial charge >= 0.3 is 0 Å². The SMILES string of the molecule is COc1ccccc1N1CCN([C@@H](C)C(=O)NCc2ccccc2)CC1. The van der Waals surface area contributed by atoms with Crippen molar-refractivity contribution in [2.75, 3.05) is 38.2 Å². The van der Waals surface area contributed by atoms with Crippen LogP contribution in [0.5, 0.6) is 5.75 Å². The number of piperazine rings is 1. The van der Waals surface area contributed by atoms with E-state index in [9.17, 15) is 4.79 Å². The van der Waals surface area contributed by atoms with E-state index in [2.05, 4.69) is 21.2 Å². The van der Waals surface area contributed by atoms with Crippen molar-refractivity contribution >= 4 is 11.6 Å². The average Bonchev–Trinajstić information content (AvgIpc) is 2.72. The molecule has 0 aromatic heterocycles. The zero-order valence-electron chi connectivity index (χ0n) is 15.5. The Kier molecular flexibility index (Phi) is 6.12. The molecule has 1 aliphatic heterocycles. The average molecular weight is 353 g/mol. The molecule has 1 heterocycles. The molecular weight excluding hydrogens is 326 g/mol. The predicted octanol–water partition coefficient (Wildman–Crippen LogP) is 2.52. The number of methoxy groups -OCH3 is 1. The van der Waals surface area contributed by atoms with Crippen LogP contribution in [0.1, 0.15) is 12.5 Å². The molecule has 0 bridgehead atoms. The number of hydrogen-bond acceptors (Lipinski definition) is 4. The van der Waals surface area contributed by atoms with E-state index in [1.165, 1.54) is 0 Å². The third kappa shape index (κ3) is 4.35. The largest absolute Gasteiger partial charge is 0.495 e. The van der Waals surface area contributed by atoms with Gasteiger partial charge < -0.3 is 15.0 Å².